The molecule has 3 aromatic rings. The highest BCUT2D eigenvalue weighted by molar-refractivity contribution is 5.99. The Kier molecular flexibility index (Phi) is 10.4. The molecule has 0 amide bonds. The third kappa shape index (κ3) is 7.62. The van der Waals surface area contributed by atoms with E-state index >= 15 is 0 Å². The Balaban J connectivity index is 1.56. The van der Waals surface area contributed by atoms with Gasteiger partial charge in [-0.3, -0.25) is 9.28 Å². The van der Waals surface area contributed by atoms with Crippen molar-refractivity contribution in [2.24, 2.45) is 0 Å². The summed E-state index contributed by atoms with van der Waals surface area (Å²) < 4.78 is 11.3. The quantitative estimate of drug-likeness (QED) is 0.149. The number of phenolic OH excluding ortho intramolecular Hbond substituents is 1. The minimum Gasteiger partial charge on any atom is -0.547 e. The lowest BCUT2D eigenvalue weighted by Crippen LogP contribution is -2.69. The highest BCUT2D eigenvalue weighted by Gasteiger charge is 2.50. The second kappa shape index (κ2) is 14.0. The van der Waals surface area contributed by atoms with E-state index in [1.165, 1.54) is 0 Å². The second-order valence-corrected chi connectivity index (χ2v) is 11.3. The minimum atomic E-state index is -1.83. The Morgan fingerprint density at radius 3 is 1.98 bits per heavy atom. The zero-order chi connectivity index (χ0) is 32.0. The molecule has 1 saturated heterocycles. The summed E-state index contributed by atoms with van der Waals surface area (Å²) in [5, 5.41) is 61.4. The number of ether oxygens (including phenoxy) is 2. The van der Waals surface area contributed by atoms with Crippen LogP contribution in [0.1, 0.15) is 29.5 Å². The molecule has 1 heterocycles. The summed E-state index contributed by atoms with van der Waals surface area (Å²) in [7, 11) is 3.35. The fraction of sp³-hybridized carbons (Fsp3) is 0.333. The number of hydrogen-bond acceptors (Lipinski definition) is 9. The summed E-state index contributed by atoms with van der Waals surface area (Å²) in [4.78, 5) is 22.9. The number of carbonyl (C=O) groups is 2. The molecule has 0 aromatic heterocycles. The van der Waals surface area contributed by atoms with Crippen LogP contribution in [0.3, 0.4) is 0 Å². The summed E-state index contributed by atoms with van der Waals surface area (Å²) in [6.07, 6.45) is -7.85. The van der Waals surface area contributed by atoms with E-state index in [0.717, 1.165) is 27.8 Å². The summed E-state index contributed by atoms with van der Waals surface area (Å²) in [5.41, 5.74) is 4.13. The molecule has 11 heteroatoms. The van der Waals surface area contributed by atoms with Gasteiger partial charge in [-0.2, -0.15) is 0 Å². The average Bonchev–Trinajstić information content (AvgIpc) is 2.99. The minimum absolute atomic E-state index is 0.0693. The number of nitrogens with zero attached hydrogens (tertiary/aromatic N) is 1. The van der Waals surface area contributed by atoms with Gasteiger partial charge in [0.05, 0.1) is 20.1 Å². The van der Waals surface area contributed by atoms with Crippen LogP contribution >= 0.6 is 0 Å². The maximum Gasteiger partial charge on any atom is 0.303 e. The Hall–Kier alpha value is -4.26. The number of hydrogen-bond donors (Lipinski definition) is 5. The molecule has 0 spiro atoms. The van der Waals surface area contributed by atoms with Gasteiger partial charge in [0, 0.05) is 6.42 Å². The fourth-order valence-corrected chi connectivity index (χ4v) is 5.31. The first-order valence-corrected chi connectivity index (χ1v) is 14.1. The van der Waals surface area contributed by atoms with E-state index in [0.29, 0.717) is 5.75 Å². The number of aliphatic carboxylic acids is 2. The van der Waals surface area contributed by atoms with Gasteiger partial charge in [0.25, 0.3) is 0 Å². The molecule has 234 valence electrons. The van der Waals surface area contributed by atoms with Crippen molar-refractivity contribution in [3.63, 3.8) is 0 Å². The third-order valence-electron chi connectivity index (χ3n) is 7.76. The van der Waals surface area contributed by atoms with Crippen molar-refractivity contribution < 1.29 is 54.2 Å². The van der Waals surface area contributed by atoms with Crippen LogP contribution in [-0.2, 0) is 14.3 Å². The Morgan fingerprint density at radius 2 is 1.41 bits per heavy atom. The molecule has 0 radical (unpaired) electrons. The summed E-state index contributed by atoms with van der Waals surface area (Å²) >= 11 is 0. The number of rotatable bonds is 12. The number of carbonyl (C=O) groups excluding carboxylic acids is 1. The molecular formula is C33H37NO10. The zero-order valence-electron chi connectivity index (χ0n) is 24.4. The number of aliphatic hydroxyl groups excluding tert-OH is 3. The monoisotopic (exact) mass is 607 g/mol. The smallest absolute Gasteiger partial charge is 0.303 e. The highest BCUT2D eigenvalue weighted by atomic mass is 16.6. The van der Waals surface area contributed by atoms with Crippen molar-refractivity contribution in [3.05, 3.63) is 95.6 Å². The molecule has 1 aliphatic rings. The predicted octanol–water partition coefficient (Wildman–Crippen LogP) is 1.23. The Morgan fingerprint density at radius 1 is 0.818 bits per heavy atom. The Labute approximate surface area is 255 Å². The van der Waals surface area contributed by atoms with Crippen molar-refractivity contribution in [2.45, 2.75) is 43.5 Å². The third-order valence-corrected chi connectivity index (χ3v) is 7.76. The van der Waals surface area contributed by atoms with Crippen molar-refractivity contribution in [3.8, 4) is 11.5 Å². The van der Waals surface area contributed by atoms with Crippen LogP contribution in [0.25, 0.3) is 11.1 Å². The van der Waals surface area contributed by atoms with Crippen LogP contribution in [0.5, 0.6) is 11.5 Å². The molecule has 3 aromatic carbocycles. The number of aliphatic hydroxyl groups is 3. The number of benzene rings is 3. The van der Waals surface area contributed by atoms with Crippen molar-refractivity contribution in [1.29, 1.82) is 0 Å². The van der Waals surface area contributed by atoms with Gasteiger partial charge in [0.15, 0.2) is 6.10 Å². The topological polar surface area (TPSA) is 177 Å². The van der Waals surface area contributed by atoms with E-state index in [1.807, 2.05) is 42.5 Å². The van der Waals surface area contributed by atoms with E-state index < -0.39 is 42.6 Å². The van der Waals surface area contributed by atoms with Gasteiger partial charge in [-0.1, -0.05) is 54.6 Å². The van der Waals surface area contributed by atoms with Gasteiger partial charge < -0.3 is 44.9 Å². The zero-order valence-corrected chi connectivity index (χ0v) is 24.4. The molecule has 1 fully saturated rings. The molecule has 0 saturated carbocycles. The van der Waals surface area contributed by atoms with Crippen molar-refractivity contribution >= 4 is 23.1 Å². The number of carboxylic acids is 2. The number of quaternary nitrogens is 1. The van der Waals surface area contributed by atoms with Crippen LogP contribution in [0.2, 0.25) is 0 Å². The molecule has 1 unspecified atom stereocenters. The Bertz CT molecular complexity index is 1450. The maximum absolute atomic E-state index is 11.5. The van der Waals surface area contributed by atoms with Gasteiger partial charge in [-0.15, -0.1) is 0 Å². The van der Waals surface area contributed by atoms with Gasteiger partial charge in [0.2, 0.25) is 6.23 Å². The SMILES string of the molecule is C[N+](C)(CCOc1ccc(/C(=C(/CCC(=O)O)c2ccccc2)c2ccc(O)cc2)cc1)[C@@H]1OC(C(=O)[O-])[C@@H](O)[C@@H](O)[C@@H]1O. The molecule has 5 N–H and O–H groups in total. The largest absolute Gasteiger partial charge is 0.547 e. The van der Waals surface area contributed by atoms with E-state index in [9.17, 15) is 40.2 Å². The van der Waals surface area contributed by atoms with Crippen LogP contribution in [0.4, 0.5) is 0 Å². The molecule has 4 rings (SSSR count). The van der Waals surface area contributed by atoms with Gasteiger partial charge in [0.1, 0.15) is 43.0 Å². The second-order valence-electron chi connectivity index (χ2n) is 11.3. The first-order valence-electron chi connectivity index (χ1n) is 14.1. The van der Waals surface area contributed by atoms with Gasteiger partial charge in [-0.05, 0) is 58.5 Å². The average molecular weight is 608 g/mol. The normalized spacial score (nSPS) is 22.6. The van der Waals surface area contributed by atoms with E-state index in [2.05, 4.69) is 0 Å². The van der Waals surface area contributed by atoms with Crippen LogP contribution in [0.15, 0.2) is 78.9 Å². The predicted molar refractivity (Wildman–Crippen MR) is 158 cm³/mol. The maximum atomic E-state index is 11.5. The molecule has 1 aliphatic heterocycles. The van der Waals surface area contributed by atoms with E-state index in [-0.39, 0.29) is 36.2 Å². The number of aromatic hydroxyl groups is 1. The van der Waals surface area contributed by atoms with Crippen LogP contribution in [0, 0.1) is 0 Å². The summed E-state index contributed by atoms with van der Waals surface area (Å²) in [5.74, 6) is -1.97. The number of phenols is 1. The fourth-order valence-electron chi connectivity index (χ4n) is 5.31. The van der Waals surface area contributed by atoms with Crippen LogP contribution < -0.4 is 9.84 Å². The van der Waals surface area contributed by atoms with Crippen molar-refractivity contribution in [2.75, 3.05) is 27.2 Å². The molecule has 44 heavy (non-hydrogen) atoms. The highest BCUT2D eigenvalue weighted by Crippen LogP contribution is 2.36. The molecule has 11 nitrogen and oxygen atoms in total. The van der Waals surface area contributed by atoms with Gasteiger partial charge in [-0.25, -0.2) is 0 Å². The molecule has 0 aliphatic carbocycles. The summed E-state index contributed by atoms with van der Waals surface area (Å²) in [6.45, 7) is 0.389. The lowest BCUT2D eigenvalue weighted by molar-refractivity contribution is -0.944. The lowest BCUT2D eigenvalue weighted by Gasteiger charge is -2.47. The lowest BCUT2D eigenvalue weighted by atomic mass is 9.87. The van der Waals surface area contributed by atoms with Gasteiger partial charge >= 0.3 is 5.97 Å². The summed E-state index contributed by atoms with van der Waals surface area (Å²) in [6, 6.07) is 23.5. The number of carboxylic acid groups (broad SMARTS) is 2. The molecule has 5 atom stereocenters. The van der Waals surface area contributed by atoms with Crippen molar-refractivity contribution in [1.82, 2.24) is 0 Å². The first kappa shape index (κ1) is 32.6. The molecule has 0 bridgehead atoms. The van der Waals surface area contributed by atoms with E-state index in [4.69, 9.17) is 9.47 Å². The van der Waals surface area contributed by atoms with Crippen LogP contribution in [-0.4, -0.2) is 99.8 Å². The molecular weight excluding hydrogens is 570 g/mol. The van der Waals surface area contributed by atoms with E-state index in [1.54, 1.807) is 50.5 Å². The number of allylic oxidation sites excluding steroid dienone is 1. The first-order chi connectivity index (χ1) is 20.9. The number of likely N-dealkylation sites (N-methyl/N-ethyl adjacent to an activating group) is 1. The standard InChI is InChI=1S/C33H37NO10/c1-34(2,32-30(40)28(38)29(39)31(44-32)33(41)42)18-19-43-24-14-10-22(11-15-24)27(21-8-12-23(35)13-9-21)25(16-17-26(36)37)20-6-4-3-5-7-20/h3-15,28-32,38-40H,16-19H2,1-2H3,(H2-,35,36,37,41,42)/b27-25-/t28-,29+,30+,31?,32-/m1/s1.